The van der Waals surface area contributed by atoms with Crippen molar-refractivity contribution in [1.82, 2.24) is 0 Å². The zero-order valence-corrected chi connectivity index (χ0v) is 8.87. The van der Waals surface area contributed by atoms with Gasteiger partial charge in [-0.05, 0) is 22.0 Å². The maximum atomic E-state index is 11.0. The lowest BCUT2D eigenvalue weighted by Gasteiger charge is -1.98. The minimum Gasteiger partial charge on any atom is -0.465 e. The van der Waals surface area contributed by atoms with Crippen molar-refractivity contribution < 1.29 is 9.53 Å². The van der Waals surface area contributed by atoms with Gasteiger partial charge in [0.25, 0.3) is 0 Å². The number of ether oxygens (including phenoxy) is 1. The molecule has 1 heterocycles. The maximum Gasteiger partial charge on any atom is 0.338 e. The largest absolute Gasteiger partial charge is 0.465 e. The van der Waals surface area contributed by atoms with Crippen LogP contribution in [0.15, 0.2) is 22.5 Å². The lowest BCUT2D eigenvalue weighted by atomic mass is 10.2. The van der Waals surface area contributed by atoms with E-state index in [9.17, 15) is 4.79 Å². The van der Waals surface area contributed by atoms with Gasteiger partial charge in [-0.15, -0.1) is 11.3 Å². The van der Waals surface area contributed by atoms with E-state index in [4.69, 9.17) is 0 Å². The van der Waals surface area contributed by atoms with E-state index in [-0.39, 0.29) is 5.97 Å². The van der Waals surface area contributed by atoms with Crippen molar-refractivity contribution in [3.8, 4) is 0 Å². The van der Waals surface area contributed by atoms with Crippen LogP contribution in [0.3, 0.4) is 0 Å². The summed E-state index contributed by atoms with van der Waals surface area (Å²) in [7, 11) is 1.34. The Kier molecular flexibility index (Phi) is 3.05. The van der Waals surface area contributed by atoms with E-state index in [1.807, 2.05) is 11.4 Å². The fraction of sp³-hybridized carbons (Fsp3) is 0.125. The van der Waals surface area contributed by atoms with Gasteiger partial charge in [-0.25, -0.2) is 4.79 Å². The van der Waals surface area contributed by atoms with Crippen molar-refractivity contribution in [2.75, 3.05) is 7.11 Å². The molecule has 1 rings (SSSR count). The monoisotopic (exact) mass is 246 g/mol. The molecule has 0 aliphatic rings. The quantitative estimate of drug-likeness (QED) is 0.593. The van der Waals surface area contributed by atoms with Crippen molar-refractivity contribution in [3.63, 3.8) is 0 Å². The second-order valence-electron chi connectivity index (χ2n) is 2.10. The number of rotatable bonds is 2. The molecule has 0 aromatic carbocycles. The molecular formula is C8H7BrO2S. The number of halogens is 1. The standard InChI is InChI=1S/C8H7BrO2S/c1-5(8(10)11-2)7-3-6(9)4-12-7/h3-4H,1H2,2H3. The number of hydrogen-bond acceptors (Lipinski definition) is 3. The minimum absolute atomic E-state index is 0.385. The molecule has 0 spiro atoms. The van der Waals surface area contributed by atoms with Crippen LogP contribution in [0.25, 0.3) is 5.57 Å². The van der Waals surface area contributed by atoms with Gasteiger partial charge < -0.3 is 4.74 Å². The van der Waals surface area contributed by atoms with E-state index in [2.05, 4.69) is 27.2 Å². The maximum absolute atomic E-state index is 11.0. The van der Waals surface area contributed by atoms with E-state index < -0.39 is 0 Å². The molecule has 0 amide bonds. The van der Waals surface area contributed by atoms with E-state index in [1.165, 1.54) is 18.4 Å². The first-order valence-corrected chi connectivity index (χ1v) is 4.84. The predicted octanol–water partition coefficient (Wildman–Crippen LogP) is 2.70. The van der Waals surface area contributed by atoms with Gasteiger partial charge in [0.2, 0.25) is 0 Å². The van der Waals surface area contributed by atoms with Crippen LogP contribution in [0.4, 0.5) is 0 Å². The molecule has 0 radical (unpaired) electrons. The Morgan fingerprint density at radius 2 is 2.42 bits per heavy atom. The molecule has 4 heteroatoms. The highest BCUT2D eigenvalue weighted by Crippen LogP contribution is 2.25. The number of carbonyl (C=O) groups is 1. The van der Waals surface area contributed by atoms with Crippen molar-refractivity contribution in [2.45, 2.75) is 0 Å². The minimum atomic E-state index is -0.385. The Balaban J connectivity index is 2.85. The van der Waals surface area contributed by atoms with Gasteiger partial charge in [0, 0.05) is 14.7 Å². The molecule has 0 fully saturated rings. The normalized spacial score (nSPS) is 9.50. The van der Waals surface area contributed by atoms with E-state index in [0.717, 1.165) is 9.35 Å². The van der Waals surface area contributed by atoms with Crippen LogP contribution in [0, 0.1) is 0 Å². The molecule has 2 nitrogen and oxygen atoms in total. The van der Waals surface area contributed by atoms with Crippen LogP contribution in [0.2, 0.25) is 0 Å². The van der Waals surface area contributed by atoms with E-state index in [1.54, 1.807) is 0 Å². The van der Waals surface area contributed by atoms with Crippen LogP contribution in [-0.2, 0) is 9.53 Å². The van der Waals surface area contributed by atoms with E-state index >= 15 is 0 Å². The van der Waals surface area contributed by atoms with Gasteiger partial charge in [-0.3, -0.25) is 0 Å². The van der Waals surface area contributed by atoms with Crippen LogP contribution >= 0.6 is 27.3 Å². The SMILES string of the molecule is C=C(C(=O)OC)c1cc(Br)cs1. The molecule has 1 aromatic rings. The third kappa shape index (κ3) is 1.95. The van der Waals surface area contributed by atoms with E-state index in [0.29, 0.717) is 5.57 Å². The summed E-state index contributed by atoms with van der Waals surface area (Å²) >= 11 is 4.74. The number of thiophene rings is 1. The molecule has 0 N–H and O–H groups in total. The number of methoxy groups -OCH3 is 1. The number of carbonyl (C=O) groups excluding carboxylic acids is 1. The average Bonchev–Trinajstić information content (AvgIpc) is 2.49. The molecule has 1 aromatic heterocycles. The second-order valence-corrected chi connectivity index (χ2v) is 3.93. The summed E-state index contributed by atoms with van der Waals surface area (Å²) in [6.45, 7) is 3.62. The molecule has 0 saturated carbocycles. The zero-order chi connectivity index (χ0) is 9.14. The van der Waals surface area contributed by atoms with Gasteiger partial charge in [-0.1, -0.05) is 6.58 Å². The lowest BCUT2D eigenvalue weighted by Crippen LogP contribution is -2.00. The highest BCUT2D eigenvalue weighted by atomic mass is 79.9. The first-order valence-electron chi connectivity index (χ1n) is 3.16. The highest BCUT2D eigenvalue weighted by Gasteiger charge is 2.10. The molecule has 0 saturated heterocycles. The smallest absolute Gasteiger partial charge is 0.338 e. The molecule has 64 valence electrons. The summed E-state index contributed by atoms with van der Waals surface area (Å²) < 4.78 is 5.48. The fourth-order valence-electron chi connectivity index (χ4n) is 0.695. The summed E-state index contributed by atoms with van der Waals surface area (Å²) in [5, 5.41) is 1.89. The second kappa shape index (κ2) is 3.87. The Labute approximate surface area is 83.0 Å². The molecule has 0 atom stereocenters. The number of hydrogen-bond donors (Lipinski definition) is 0. The predicted molar refractivity (Wildman–Crippen MR) is 53.1 cm³/mol. The third-order valence-corrected chi connectivity index (χ3v) is 3.05. The van der Waals surface area contributed by atoms with Gasteiger partial charge >= 0.3 is 5.97 Å². The van der Waals surface area contributed by atoms with Gasteiger partial charge in [0.15, 0.2) is 0 Å². The summed E-state index contributed by atoms with van der Waals surface area (Å²) in [4.78, 5) is 11.8. The first-order chi connectivity index (χ1) is 5.65. The Bertz CT molecular complexity index is 317. The topological polar surface area (TPSA) is 26.3 Å². The van der Waals surface area contributed by atoms with Crippen molar-refractivity contribution in [1.29, 1.82) is 0 Å². The van der Waals surface area contributed by atoms with Gasteiger partial charge in [0.05, 0.1) is 12.7 Å². The lowest BCUT2D eigenvalue weighted by molar-refractivity contribution is -0.133. The Morgan fingerprint density at radius 3 is 2.83 bits per heavy atom. The zero-order valence-electron chi connectivity index (χ0n) is 6.46. The summed E-state index contributed by atoms with van der Waals surface area (Å²) in [5.74, 6) is -0.385. The fourth-order valence-corrected chi connectivity index (χ4v) is 2.08. The Hall–Kier alpha value is -0.610. The van der Waals surface area contributed by atoms with Gasteiger partial charge in [0.1, 0.15) is 0 Å². The highest BCUT2D eigenvalue weighted by molar-refractivity contribution is 9.10. The van der Waals surface area contributed by atoms with Gasteiger partial charge in [-0.2, -0.15) is 0 Å². The summed E-state index contributed by atoms with van der Waals surface area (Å²) in [5.41, 5.74) is 0.396. The van der Waals surface area contributed by atoms with Crippen LogP contribution < -0.4 is 0 Å². The molecular weight excluding hydrogens is 240 g/mol. The molecule has 0 aliphatic carbocycles. The molecule has 0 bridgehead atoms. The van der Waals surface area contributed by atoms with Crippen LogP contribution in [0.1, 0.15) is 4.88 Å². The molecule has 0 aliphatic heterocycles. The summed E-state index contributed by atoms with van der Waals surface area (Å²) in [6.07, 6.45) is 0. The van der Waals surface area contributed by atoms with Crippen molar-refractivity contribution in [2.24, 2.45) is 0 Å². The summed E-state index contributed by atoms with van der Waals surface area (Å²) in [6, 6.07) is 1.84. The van der Waals surface area contributed by atoms with Crippen molar-refractivity contribution >= 4 is 38.8 Å². The average molecular weight is 247 g/mol. The third-order valence-electron chi connectivity index (χ3n) is 1.30. The van der Waals surface area contributed by atoms with Crippen LogP contribution in [0.5, 0.6) is 0 Å². The first kappa shape index (κ1) is 9.48. The number of esters is 1. The molecule has 0 unspecified atom stereocenters. The van der Waals surface area contributed by atoms with Crippen LogP contribution in [-0.4, -0.2) is 13.1 Å². The van der Waals surface area contributed by atoms with Crippen molar-refractivity contribution in [3.05, 3.63) is 27.4 Å². The Morgan fingerprint density at radius 1 is 1.75 bits per heavy atom. The molecule has 12 heavy (non-hydrogen) atoms.